The summed E-state index contributed by atoms with van der Waals surface area (Å²) in [5.74, 6) is -0.539. The number of nitrogens with zero attached hydrogens (tertiary/aromatic N) is 3. The molecule has 194 valence electrons. The summed E-state index contributed by atoms with van der Waals surface area (Å²) in [5.41, 5.74) is 1.16. The van der Waals surface area contributed by atoms with Crippen molar-refractivity contribution in [1.82, 2.24) is 9.88 Å². The molecule has 0 bridgehead atoms. The summed E-state index contributed by atoms with van der Waals surface area (Å²) in [4.78, 5) is 34.6. The fourth-order valence-corrected chi connectivity index (χ4v) is 4.90. The summed E-state index contributed by atoms with van der Waals surface area (Å²) in [6, 6.07) is 13.5. The number of carbonyl (C=O) groups excluding carboxylic acids is 2. The maximum absolute atomic E-state index is 13.7. The summed E-state index contributed by atoms with van der Waals surface area (Å²) >= 11 is 6.04. The number of halogens is 1. The molecule has 36 heavy (non-hydrogen) atoms. The summed E-state index contributed by atoms with van der Waals surface area (Å²) in [6.07, 6.45) is 1.15. The topological polar surface area (TPSA) is 81.2 Å². The quantitative estimate of drug-likeness (QED) is 0.367. The number of carbonyl (C=O) groups is 2. The molecule has 1 amide bonds. The SMILES string of the molecule is CCOc1ccc(CCC[C@@H](C(=O)N2CCN(c3cccc(Cl)n3)CC2)[C@@H]2OC(C)(C)OC2=O)cc1. The molecule has 2 aliphatic heterocycles. The number of anilines is 1. The number of aryl methyl sites for hydroxylation is 1. The number of ether oxygens (including phenoxy) is 3. The van der Waals surface area contributed by atoms with Gasteiger partial charge in [-0.25, -0.2) is 9.78 Å². The summed E-state index contributed by atoms with van der Waals surface area (Å²) < 4.78 is 16.8. The van der Waals surface area contributed by atoms with Crippen LogP contribution in [0.5, 0.6) is 5.75 Å². The van der Waals surface area contributed by atoms with Crippen molar-refractivity contribution in [3.8, 4) is 5.75 Å². The summed E-state index contributed by atoms with van der Waals surface area (Å²) in [5, 5.41) is 0.443. The number of benzene rings is 1. The maximum Gasteiger partial charge on any atom is 0.338 e. The third-order valence-corrected chi connectivity index (χ3v) is 6.71. The van der Waals surface area contributed by atoms with Crippen LogP contribution < -0.4 is 9.64 Å². The van der Waals surface area contributed by atoms with Gasteiger partial charge in [0.2, 0.25) is 11.7 Å². The smallest absolute Gasteiger partial charge is 0.338 e. The first kappa shape index (κ1) is 26.2. The van der Waals surface area contributed by atoms with Crippen LogP contribution in [0.2, 0.25) is 5.15 Å². The van der Waals surface area contributed by atoms with Gasteiger partial charge in [0.15, 0.2) is 6.10 Å². The first-order chi connectivity index (χ1) is 17.3. The zero-order valence-corrected chi connectivity index (χ0v) is 21.9. The first-order valence-corrected chi connectivity index (χ1v) is 12.9. The van der Waals surface area contributed by atoms with E-state index in [2.05, 4.69) is 9.88 Å². The van der Waals surface area contributed by atoms with Crippen molar-refractivity contribution < 1.29 is 23.8 Å². The summed E-state index contributed by atoms with van der Waals surface area (Å²) in [6.45, 7) is 8.32. The minimum Gasteiger partial charge on any atom is -0.494 e. The highest BCUT2D eigenvalue weighted by molar-refractivity contribution is 6.29. The average Bonchev–Trinajstić information content (AvgIpc) is 3.14. The van der Waals surface area contributed by atoms with Crippen LogP contribution in [0.15, 0.2) is 42.5 Å². The van der Waals surface area contributed by atoms with E-state index < -0.39 is 23.8 Å². The van der Waals surface area contributed by atoms with Crippen LogP contribution in [-0.4, -0.2) is 66.4 Å². The average molecular weight is 516 g/mol. The Bertz CT molecular complexity index is 1050. The highest BCUT2D eigenvalue weighted by atomic mass is 35.5. The van der Waals surface area contributed by atoms with Gasteiger partial charge in [0, 0.05) is 40.0 Å². The molecule has 8 nitrogen and oxygen atoms in total. The number of cyclic esters (lactones) is 1. The van der Waals surface area contributed by atoms with Crippen LogP contribution in [0.25, 0.3) is 0 Å². The van der Waals surface area contributed by atoms with Gasteiger partial charge in [-0.2, -0.15) is 0 Å². The Hall–Kier alpha value is -2.84. The molecule has 4 rings (SSSR count). The molecule has 0 unspecified atom stereocenters. The van der Waals surface area contributed by atoms with Crippen LogP contribution in [-0.2, 0) is 25.5 Å². The number of hydrogen-bond acceptors (Lipinski definition) is 7. The normalized spacial score (nSPS) is 20.2. The molecule has 0 N–H and O–H groups in total. The van der Waals surface area contributed by atoms with Gasteiger partial charge in [-0.3, -0.25) is 4.79 Å². The number of aromatic nitrogens is 1. The number of hydrogen-bond donors (Lipinski definition) is 0. The monoisotopic (exact) mass is 515 g/mol. The largest absolute Gasteiger partial charge is 0.494 e. The number of piperazine rings is 1. The third-order valence-electron chi connectivity index (χ3n) is 6.50. The van der Waals surface area contributed by atoms with Crippen molar-refractivity contribution in [2.45, 2.75) is 51.9 Å². The Balaban J connectivity index is 1.40. The lowest BCUT2D eigenvalue weighted by molar-refractivity contribution is -0.162. The zero-order chi connectivity index (χ0) is 25.7. The Morgan fingerprint density at radius 2 is 1.89 bits per heavy atom. The van der Waals surface area contributed by atoms with Crippen LogP contribution in [0.3, 0.4) is 0 Å². The van der Waals surface area contributed by atoms with Crippen LogP contribution in [0.1, 0.15) is 39.2 Å². The van der Waals surface area contributed by atoms with Gasteiger partial charge in [0.1, 0.15) is 16.7 Å². The molecule has 0 radical (unpaired) electrons. The van der Waals surface area contributed by atoms with Crippen LogP contribution >= 0.6 is 11.6 Å². The Kier molecular flexibility index (Phi) is 8.36. The maximum atomic E-state index is 13.7. The first-order valence-electron chi connectivity index (χ1n) is 12.5. The molecule has 2 atom stereocenters. The second-order valence-electron chi connectivity index (χ2n) is 9.57. The third kappa shape index (κ3) is 6.48. The van der Waals surface area contributed by atoms with Crippen molar-refractivity contribution in [3.63, 3.8) is 0 Å². The van der Waals surface area contributed by atoms with Crippen molar-refractivity contribution in [3.05, 3.63) is 53.2 Å². The van der Waals surface area contributed by atoms with E-state index in [0.29, 0.717) is 44.4 Å². The van der Waals surface area contributed by atoms with Gasteiger partial charge >= 0.3 is 5.97 Å². The minimum absolute atomic E-state index is 0.0694. The molecular formula is C27H34ClN3O5. The van der Waals surface area contributed by atoms with Crippen molar-refractivity contribution in [2.75, 3.05) is 37.7 Å². The second kappa shape index (κ2) is 11.5. The van der Waals surface area contributed by atoms with E-state index in [9.17, 15) is 9.59 Å². The molecule has 1 aromatic heterocycles. The van der Waals surface area contributed by atoms with Crippen molar-refractivity contribution in [2.24, 2.45) is 5.92 Å². The molecule has 2 fully saturated rings. The molecular weight excluding hydrogens is 482 g/mol. The second-order valence-corrected chi connectivity index (χ2v) is 9.95. The lowest BCUT2D eigenvalue weighted by Crippen LogP contribution is -2.52. The molecule has 0 aliphatic carbocycles. The molecule has 0 saturated carbocycles. The van der Waals surface area contributed by atoms with Crippen LogP contribution in [0, 0.1) is 5.92 Å². The molecule has 2 saturated heterocycles. The fraction of sp³-hybridized carbons (Fsp3) is 0.519. The Morgan fingerprint density at radius 3 is 2.50 bits per heavy atom. The molecule has 9 heteroatoms. The van der Waals surface area contributed by atoms with Crippen molar-refractivity contribution in [1.29, 1.82) is 0 Å². The highest BCUT2D eigenvalue weighted by Gasteiger charge is 2.48. The van der Waals surface area contributed by atoms with E-state index in [1.165, 1.54) is 0 Å². The molecule has 0 spiro atoms. The fourth-order valence-electron chi connectivity index (χ4n) is 4.74. The molecule has 3 heterocycles. The number of esters is 1. The van der Waals surface area contributed by atoms with Gasteiger partial charge in [-0.05, 0) is 56.0 Å². The minimum atomic E-state index is -1.04. The molecule has 2 aliphatic rings. The van der Waals surface area contributed by atoms with E-state index in [0.717, 1.165) is 30.0 Å². The number of rotatable bonds is 9. The molecule has 2 aromatic rings. The van der Waals surface area contributed by atoms with Gasteiger partial charge in [-0.1, -0.05) is 29.8 Å². The van der Waals surface area contributed by atoms with E-state index in [1.54, 1.807) is 19.9 Å². The predicted octanol–water partition coefficient (Wildman–Crippen LogP) is 4.10. The van der Waals surface area contributed by atoms with E-state index in [-0.39, 0.29) is 5.91 Å². The lowest BCUT2D eigenvalue weighted by atomic mass is 9.92. The lowest BCUT2D eigenvalue weighted by Gasteiger charge is -2.37. The van der Waals surface area contributed by atoms with Gasteiger partial charge in [0.05, 0.1) is 12.5 Å². The molecule has 1 aromatic carbocycles. The standard InChI is InChI=1S/C27H34ClN3O5/c1-4-34-20-13-11-19(12-14-20)7-5-8-21(24-26(33)36-27(2,3)35-24)25(32)31-17-15-30(16-18-31)23-10-6-9-22(28)29-23/h6,9-14,21,24H,4-5,7-8,15-18H2,1-3H3/t21-,24+/m1/s1. The number of pyridine rings is 1. The summed E-state index contributed by atoms with van der Waals surface area (Å²) in [7, 11) is 0. The predicted molar refractivity (Wildman–Crippen MR) is 137 cm³/mol. The van der Waals surface area contributed by atoms with E-state index >= 15 is 0 Å². The Morgan fingerprint density at radius 1 is 1.17 bits per heavy atom. The highest BCUT2D eigenvalue weighted by Crippen LogP contribution is 2.32. The van der Waals surface area contributed by atoms with E-state index in [1.807, 2.05) is 48.2 Å². The van der Waals surface area contributed by atoms with E-state index in [4.69, 9.17) is 25.8 Å². The van der Waals surface area contributed by atoms with Gasteiger partial charge in [-0.15, -0.1) is 0 Å². The van der Waals surface area contributed by atoms with Gasteiger partial charge < -0.3 is 24.0 Å². The number of amides is 1. The Labute approximate surface area is 217 Å². The zero-order valence-electron chi connectivity index (χ0n) is 21.1. The van der Waals surface area contributed by atoms with Gasteiger partial charge in [0.25, 0.3) is 0 Å². The van der Waals surface area contributed by atoms with Crippen molar-refractivity contribution >= 4 is 29.3 Å². The van der Waals surface area contributed by atoms with Crippen LogP contribution in [0.4, 0.5) is 5.82 Å².